The molecule has 27 heavy (non-hydrogen) atoms. The second-order valence-corrected chi connectivity index (χ2v) is 6.95. The number of hydrogen-bond acceptors (Lipinski definition) is 5. The molecule has 8 heteroatoms. The molecular weight excluding hydrogens is 372 g/mol. The number of carbonyl (C=O) groups is 2. The third kappa shape index (κ3) is 7.84. The largest absolute Gasteiger partial charge is 0.483 e. The second-order valence-electron chi connectivity index (χ2n) is 6.51. The average Bonchev–Trinajstić information content (AvgIpc) is 2.89. The van der Waals surface area contributed by atoms with Crippen LogP contribution in [0.4, 0.5) is 0 Å². The highest BCUT2D eigenvalue weighted by molar-refractivity contribution is 6.30. The zero-order chi connectivity index (χ0) is 19.5. The lowest BCUT2D eigenvalue weighted by molar-refractivity contribution is -0.130. The maximum Gasteiger partial charge on any atom is 0.290 e. The molecule has 0 bridgehead atoms. The van der Waals surface area contributed by atoms with Crippen molar-refractivity contribution in [2.24, 2.45) is 0 Å². The van der Waals surface area contributed by atoms with Crippen LogP contribution in [0.2, 0.25) is 5.02 Å². The zero-order valence-corrected chi connectivity index (χ0v) is 16.1. The van der Waals surface area contributed by atoms with Crippen LogP contribution in [0, 0.1) is 0 Å². The number of amides is 1. The Bertz CT molecular complexity index is 595. The van der Waals surface area contributed by atoms with Crippen molar-refractivity contribution in [3.63, 3.8) is 0 Å². The number of rotatable bonds is 4. The number of carbonyl (C=O) groups excluding carboxylic acids is 1. The molecule has 2 saturated heterocycles. The van der Waals surface area contributed by atoms with Gasteiger partial charge in [-0.1, -0.05) is 23.7 Å². The van der Waals surface area contributed by atoms with E-state index in [4.69, 9.17) is 31.0 Å². The number of hydrogen-bond donors (Lipinski definition) is 1. The molecule has 1 aromatic carbocycles. The van der Waals surface area contributed by atoms with E-state index in [0.717, 1.165) is 44.7 Å². The maximum atomic E-state index is 12.5. The molecule has 0 radical (unpaired) electrons. The van der Waals surface area contributed by atoms with Crippen LogP contribution in [-0.4, -0.2) is 85.9 Å². The zero-order valence-electron chi connectivity index (χ0n) is 15.4. The van der Waals surface area contributed by atoms with Crippen molar-refractivity contribution in [2.45, 2.75) is 18.9 Å². The summed E-state index contributed by atoms with van der Waals surface area (Å²) in [7, 11) is 0. The Morgan fingerprint density at radius 3 is 2.78 bits per heavy atom. The van der Waals surface area contributed by atoms with E-state index in [1.54, 1.807) is 0 Å². The fraction of sp³-hybridized carbons (Fsp3) is 0.579. The van der Waals surface area contributed by atoms with Gasteiger partial charge in [-0.2, -0.15) is 0 Å². The minimum atomic E-state index is -0.250. The van der Waals surface area contributed by atoms with Gasteiger partial charge in [-0.3, -0.25) is 14.5 Å². The smallest absolute Gasteiger partial charge is 0.290 e. The van der Waals surface area contributed by atoms with Crippen molar-refractivity contribution >= 4 is 24.0 Å². The Hall–Kier alpha value is -1.67. The summed E-state index contributed by atoms with van der Waals surface area (Å²) in [5, 5.41) is 7.57. The third-order valence-corrected chi connectivity index (χ3v) is 4.77. The number of carboxylic acid groups (broad SMARTS) is 1. The number of ether oxygens (including phenoxy) is 2. The first kappa shape index (κ1) is 21.6. The SMILES string of the molecule is O=C(Cc1cccc(Cl)c1)N1CCCN(CC2COCCO2)CC1.O=CO. The molecule has 7 nitrogen and oxygen atoms in total. The first-order valence-electron chi connectivity index (χ1n) is 9.14. The van der Waals surface area contributed by atoms with E-state index in [1.807, 2.05) is 29.2 Å². The van der Waals surface area contributed by atoms with Gasteiger partial charge in [-0.05, 0) is 30.7 Å². The van der Waals surface area contributed by atoms with E-state index in [0.29, 0.717) is 31.3 Å². The summed E-state index contributed by atoms with van der Waals surface area (Å²) in [5.41, 5.74) is 0.973. The summed E-state index contributed by atoms with van der Waals surface area (Å²) in [6.07, 6.45) is 1.57. The van der Waals surface area contributed by atoms with Crippen molar-refractivity contribution in [1.29, 1.82) is 0 Å². The predicted octanol–water partition coefficient (Wildman–Crippen LogP) is 1.53. The van der Waals surface area contributed by atoms with Crippen molar-refractivity contribution < 1.29 is 24.2 Å². The van der Waals surface area contributed by atoms with E-state index in [-0.39, 0.29) is 18.5 Å². The molecule has 1 aromatic rings. The normalized spacial score (nSPS) is 20.9. The monoisotopic (exact) mass is 398 g/mol. The molecule has 1 atom stereocenters. The molecule has 0 aliphatic carbocycles. The van der Waals surface area contributed by atoms with Crippen LogP contribution in [0.15, 0.2) is 24.3 Å². The molecule has 0 aromatic heterocycles. The van der Waals surface area contributed by atoms with Crippen LogP contribution in [-0.2, 0) is 25.5 Å². The Kier molecular flexibility index (Phi) is 9.55. The molecule has 2 aliphatic rings. The van der Waals surface area contributed by atoms with Crippen LogP contribution < -0.4 is 0 Å². The minimum Gasteiger partial charge on any atom is -0.483 e. The van der Waals surface area contributed by atoms with E-state index >= 15 is 0 Å². The van der Waals surface area contributed by atoms with Crippen LogP contribution in [0.25, 0.3) is 0 Å². The van der Waals surface area contributed by atoms with Gasteiger partial charge in [0.05, 0.1) is 32.3 Å². The number of nitrogens with zero attached hydrogens (tertiary/aromatic N) is 2. The van der Waals surface area contributed by atoms with Gasteiger partial charge in [0, 0.05) is 31.2 Å². The summed E-state index contributed by atoms with van der Waals surface area (Å²) in [6, 6.07) is 7.54. The molecule has 3 rings (SSSR count). The van der Waals surface area contributed by atoms with E-state index in [9.17, 15) is 4.79 Å². The number of halogens is 1. The van der Waals surface area contributed by atoms with Crippen molar-refractivity contribution in [1.82, 2.24) is 9.80 Å². The van der Waals surface area contributed by atoms with Crippen LogP contribution in [0.5, 0.6) is 0 Å². The molecule has 0 saturated carbocycles. The highest BCUT2D eigenvalue weighted by Gasteiger charge is 2.23. The molecular formula is C19H27ClN2O5. The topological polar surface area (TPSA) is 79.3 Å². The van der Waals surface area contributed by atoms with E-state index < -0.39 is 0 Å². The Morgan fingerprint density at radius 1 is 1.26 bits per heavy atom. The van der Waals surface area contributed by atoms with Crippen molar-refractivity contribution in [3.8, 4) is 0 Å². The Morgan fingerprint density at radius 2 is 2.07 bits per heavy atom. The van der Waals surface area contributed by atoms with Crippen LogP contribution in [0.1, 0.15) is 12.0 Å². The van der Waals surface area contributed by atoms with Gasteiger partial charge in [-0.15, -0.1) is 0 Å². The predicted molar refractivity (Wildman–Crippen MR) is 102 cm³/mol. The van der Waals surface area contributed by atoms with Gasteiger partial charge >= 0.3 is 0 Å². The molecule has 1 unspecified atom stereocenters. The Balaban J connectivity index is 0.000000817. The fourth-order valence-corrected chi connectivity index (χ4v) is 3.48. The van der Waals surface area contributed by atoms with Gasteiger partial charge in [0.25, 0.3) is 6.47 Å². The molecule has 2 heterocycles. The van der Waals surface area contributed by atoms with Gasteiger partial charge in [0.1, 0.15) is 0 Å². The molecule has 1 amide bonds. The summed E-state index contributed by atoms with van der Waals surface area (Å²) in [4.78, 5) is 25.3. The average molecular weight is 399 g/mol. The van der Waals surface area contributed by atoms with Crippen LogP contribution in [0.3, 0.4) is 0 Å². The third-order valence-electron chi connectivity index (χ3n) is 4.53. The lowest BCUT2D eigenvalue weighted by Gasteiger charge is -2.29. The van der Waals surface area contributed by atoms with Gasteiger partial charge in [0.2, 0.25) is 5.91 Å². The van der Waals surface area contributed by atoms with E-state index in [2.05, 4.69) is 4.90 Å². The summed E-state index contributed by atoms with van der Waals surface area (Å²) < 4.78 is 11.2. The lowest BCUT2D eigenvalue weighted by Crippen LogP contribution is -2.42. The molecule has 2 aliphatic heterocycles. The highest BCUT2D eigenvalue weighted by atomic mass is 35.5. The van der Waals surface area contributed by atoms with Gasteiger partial charge < -0.3 is 19.5 Å². The molecule has 0 spiro atoms. The van der Waals surface area contributed by atoms with Crippen LogP contribution >= 0.6 is 11.6 Å². The summed E-state index contributed by atoms with van der Waals surface area (Å²) >= 11 is 6.00. The van der Waals surface area contributed by atoms with Crippen molar-refractivity contribution in [2.75, 3.05) is 52.5 Å². The summed E-state index contributed by atoms with van der Waals surface area (Å²) in [6.45, 7) is 6.17. The number of benzene rings is 1. The highest BCUT2D eigenvalue weighted by Crippen LogP contribution is 2.13. The first-order valence-corrected chi connectivity index (χ1v) is 9.52. The van der Waals surface area contributed by atoms with Crippen molar-refractivity contribution in [3.05, 3.63) is 34.9 Å². The summed E-state index contributed by atoms with van der Waals surface area (Å²) in [5.74, 6) is 0.177. The first-order chi connectivity index (χ1) is 13.1. The van der Waals surface area contributed by atoms with Gasteiger partial charge in [-0.25, -0.2) is 0 Å². The maximum absolute atomic E-state index is 12.5. The lowest BCUT2D eigenvalue weighted by atomic mass is 10.1. The fourth-order valence-electron chi connectivity index (χ4n) is 3.27. The molecule has 1 N–H and O–H groups in total. The second kappa shape index (κ2) is 11.9. The molecule has 2 fully saturated rings. The Labute approximate surface area is 164 Å². The quantitative estimate of drug-likeness (QED) is 0.775. The molecule has 150 valence electrons. The van der Waals surface area contributed by atoms with Gasteiger partial charge in [0.15, 0.2) is 0 Å². The van der Waals surface area contributed by atoms with E-state index in [1.165, 1.54) is 0 Å². The standard InChI is InChI=1S/C18H25ClN2O3.CH2O2/c19-16-4-1-3-15(11-16)12-18(22)21-6-2-5-20(7-8-21)13-17-14-23-9-10-24-17;2-1-3/h1,3-4,11,17H,2,5-10,12-14H2;1H,(H,2,3). The minimum absolute atomic E-state index is 0.160.